The summed E-state index contributed by atoms with van der Waals surface area (Å²) in [5.41, 5.74) is 1.98. The van der Waals surface area contributed by atoms with Crippen molar-refractivity contribution in [1.29, 1.82) is 0 Å². The van der Waals surface area contributed by atoms with E-state index in [1.807, 2.05) is 17.0 Å². The standard InChI is InChI=1S/C20H21FN6OS/c1-25-12-15(10-23-25)27-8-6-16-18(20(27)28)29-19(24-16)13-4-5-17(22-9-13)26-7-2-3-14(21)11-26/h4-5,9-10,12,14H,2-3,6-8,11H2,1H3/i1T3. The van der Waals surface area contributed by atoms with Crippen LogP contribution in [0.3, 0.4) is 0 Å². The van der Waals surface area contributed by atoms with Crippen molar-refractivity contribution in [3.05, 3.63) is 41.3 Å². The maximum absolute atomic E-state index is 13.7. The molecule has 1 atom stereocenters. The molecule has 1 amide bonds. The molecule has 0 aromatic carbocycles. The summed E-state index contributed by atoms with van der Waals surface area (Å²) in [6.07, 6.45) is 5.62. The van der Waals surface area contributed by atoms with Crippen molar-refractivity contribution in [3.8, 4) is 10.6 Å². The van der Waals surface area contributed by atoms with Crippen molar-refractivity contribution in [3.63, 3.8) is 0 Å². The van der Waals surface area contributed by atoms with Crippen molar-refractivity contribution in [2.45, 2.75) is 25.4 Å². The number of hydrogen-bond donors (Lipinski definition) is 0. The Labute approximate surface area is 176 Å². The number of piperidine rings is 1. The highest BCUT2D eigenvalue weighted by Gasteiger charge is 2.30. The lowest BCUT2D eigenvalue weighted by Gasteiger charge is -2.29. The average Bonchev–Trinajstić information content (AvgIpc) is 3.42. The predicted octanol–water partition coefficient (Wildman–Crippen LogP) is 3.08. The molecule has 3 aromatic rings. The number of carbonyl (C=O) groups is 1. The van der Waals surface area contributed by atoms with E-state index < -0.39 is 13.1 Å². The highest BCUT2D eigenvalue weighted by Crippen LogP contribution is 2.33. The molecule has 0 radical (unpaired) electrons. The van der Waals surface area contributed by atoms with Gasteiger partial charge in [-0.1, -0.05) is 0 Å². The highest BCUT2D eigenvalue weighted by atomic mass is 32.1. The highest BCUT2D eigenvalue weighted by molar-refractivity contribution is 7.17. The third-order valence-electron chi connectivity index (χ3n) is 5.27. The molecular formula is C20H21FN6OS. The van der Waals surface area contributed by atoms with E-state index in [0.717, 1.165) is 34.7 Å². The summed E-state index contributed by atoms with van der Waals surface area (Å²) in [6, 6.07) is 3.77. The summed E-state index contributed by atoms with van der Waals surface area (Å²) in [5, 5.41) is 4.57. The Morgan fingerprint density at radius 2 is 2.24 bits per heavy atom. The number of fused-ring (bicyclic) bond motifs is 1. The van der Waals surface area contributed by atoms with Gasteiger partial charge in [0, 0.05) is 48.6 Å². The van der Waals surface area contributed by atoms with Crippen molar-refractivity contribution in [2.75, 3.05) is 29.4 Å². The third kappa shape index (κ3) is 3.39. The molecule has 2 aliphatic rings. The minimum Gasteiger partial charge on any atom is -0.354 e. The van der Waals surface area contributed by atoms with Crippen LogP contribution in [0.2, 0.25) is 0 Å². The number of thiazole rings is 1. The van der Waals surface area contributed by atoms with Gasteiger partial charge in [-0.3, -0.25) is 9.48 Å². The number of aromatic nitrogens is 4. The predicted molar refractivity (Wildman–Crippen MR) is 110 cm³/mol. The van der Waals surface area contributed by atoms with Crippen LogP contribution in [0.5, 0.6) is 0 Å². The summed E-state index contributed by atoms with van der Waals surface area (Å²) in [5.74, 6) is 0.526. The molecule has 1 saturated heterocycles. The summed E-state index contributed by atoms with van der Waals surface area (Å²) in [4.78, 5) is 26.2. The summed E-state index contributed by atoms with van der Waals surface area (Å²) >= 11 is 1.29. The van der Waals surface area contributed by atoms with Crippen LogP contribution < -0.4 is 9.80 Å². The molecule has 0 saturated carbocycles. The SMILES string of the molecule is [3H]C([3H])([3H])n1cc(N2CCc3nc(-c4ccc(N5CCCC(F)C5)nc4)sc3C2=O)cn1. The molecule has 0 bridgehead atoms. The minimum absolute atomic E-state index is 0.216. The Balaban J connectivity index is 1.36. The smallest absolute Gasteiger partial charge is 0.270 e. The topological polar surface area (TPSA) is 67.2 Å². The van der Waals surface area contributed by atoms with Gasteiger partial charge in [0.05, 0.1) is 24.1 Å². The Hall–Kier alpha value is -2.81. The molecule has 3 aromatic heterocycles. The molecule has 0 spiro atoms. The number of hydrogen-bond acceptors (Lipinski definition) is 6. The van der Waals surface area contributed by atoms with Crippen LogP contribution in [-0.2, 0) is 13.4 Å². The number of rotatable bonds is 3. The molecule has 7 nitrogen and oxygen atoms in total. The van der Waals surface area contributed by atoms with E-state index >= 15 is 0 Å². The number of nitrogens with zero attached hydrogens (tertiary/aromatic N) is 6. The Bertz CT molecular complexity index is 1150. The number of anilines is 2. The van der Waals surface area contributed by atoms with Gasteiger partial charge in [-0.25, -0.2) is 14.4 Å². The lowest BCUT2D eigenvalue weighted by molar-refractivity contribution is 0.0984. The molecule has 5 heterocycles. The van der Waals surface area contributed by atoms with Crippen LogP contribution in [0.25, 0.3) is 10.6 Å². The van der Waals surface area contributed by atoms with E-state index in [2.05, 4.69) is 15.1 Å². The van der Waals surface area contributed by atoms with Gasteiger partial charge in [-0.15, -0.1) is 11.3 Å². The van der Waals surface area contributed by atoms with Crippen molar-refractivity contribution < 1.29 is 13.3 Å². The molecule has 1 unspecified atom stereocenters. The Morgan fingerprint density at radius 3 is 3.00 bits per heavy atom. The second-order valence-corrected chi connectivity index (χ2v) is 8.23. The van der Waals surface area contributed by atoms with Gasteiger partial charge in [0.15, 0.2) is 0 Å². The maximum atomic E-state index is 13.7. The first-order valence-corrected chi connectivity index (χ1v) is 10.3. The maximum Gasteiger partial charge on any atom is 0.270 e. The fourth-order valence-corrected chi connectivity index (χ4v) is 4.84. The molecule has 150 valence electrons. The van der Waals surface area contributed by atoms with Gasteiger partial charge in [-0.05, 0) is 25.0 Å². The molecule has 5 rings (SSSR count). The van der Waals surface area contributed by atoms with Crippen LogP contribution in [-0.4, -0.2) is 51.5 Å². The van der Waals surface area contributed by atoms with E-state index in [-0.39, 0.29) is 5.91 Å². The number of halogens is 1. The minimum atomic E-state index is -2.39. The second-order valence-electron chi connectivity index (χ2n) is 7.24. The summed E-state index contributed by atoms with van der Waals surface area (Å²) in [6.45, 7) is -0.835. The van der Waals surface area contributed by atoms with Crippen LogP contribution in [0.4, 0.5) is 15.9 Å². The number of pyridine rings is 1. The first kappa shape index (κ1) is 15.1. The van der Waals surface area contributed by atoms with E-state index in [1.54, 1.807) is 6.20 Å². The van der Waals surface area contributed by atoms with Crippen LogP contribution >= 0.6 is 11.3 Å². The number of carbonyl (C=O) groups excluding carboxylic acids is 1. The molecule has 1 fully saturated rings. The van der Waals surface area contributed by atoms with Crippen LogP contribution in [0.15, 0.2) is 30.7 Å². The van der Waals surface area contributed by atoms with Crippen molar-refractivity contribution in [2.24, 2.45) is 6.98 Å². The number of aryl methyl sites for hydroxylation is 1. The van der Waals surface area contributed by atoms with Crippen molar-refractivity contribution >= 4 is 28.7 Å². The lowest BCUT2D eigenvalue weighted by Crippen LogP contribution is -2.36. The largest absolute Gasteiger partial charge is 0.354 e. The lowest BCUT2D eigenvalue weighted by atomic mass is 10.1. The molecular weight excluding hydrogens is 391 g/mol. The van der Waals surface area contributed by atoms with Crippen LogP contribution in [0.1, 0.15) is 32.3 Å². The van der Waals surface area contributed by atoms with E-state index in [4.69, 9.17) is 4.11 Å². The van der Waals surface area contributed by atoms with E-state index in [0.29, 0.717) is 41.5 Å². The van der Waals surface area contributed by atoms with Gasteiger partial charge in [-0.2, -0.15) is 5.10 Å². The Morgan fingerprint density at radius 1 is 1.31 bits per heavy atom. The third-order valence-corrected chi connectivity index (χ3v) is 6.41. The normalized spacial score (nSPS) is 21.5. The zero-order valence-electron chi connectivity index (χ0n) is 18.6. The Kier molecular flexibility index (Phi) is 3.75. The van der Waals surface area contributed by atoms with Gasteiger partial charge in [0.2, 0.25) is 0 Å². The molecule has 2 aliphatic heterocycles. The number of alkyl halides is 1. The first-order valence-electron chi connectivity index (χ1n) is 11.0. The van der Waals surface area contributed by atoms with Gasteiger partial charge in [0.1, 0.15) is 21.9 Å². The second kappa shape index (κ2) is 7.22. The average molecular weight is 419 g/mol. The monoisotopic (exact) mass is 418 g/mol. The molecule has 0 aliphatic carbocycles. The fourth-order valence-electron chi connectivity index (χ4n) is 3.79. The zero-order chi connectivity index (χ0) is 22.5. The molecule has 29 heavy (non-hydrogen) atoms. The summed E-state index contributed by atoms with van der Waals surface area (Å²) < 4.78 is 36.9. The number of amides is 1. The van der Waals surface area contributed by atoms with Gasteiger partial charge in [0.25, 0.3) is 5.91 Å². The summed E-state index contributed by atoms with van der Waals surface area (Å²) in [7, 11) is 0. The van der Waals surface area contributed by atoms with Gasteiger partial charge < -0.3 is 9.80 Å². The first-order chi connectivity index (χ1) is 15.3. The van der Waals surface area contributed by atoms with E-state index in [1.165, 1.54) is 28.6 Å². The van der Waals surface area contributed by atoms with Crippen LogP contribution in [0, 0.1) is 0 Å². The fraction of sp³-hybridized carbons (Fsp3) is 0.400. The van der Waals surface area contributed by atoms with E-state index in [9.17, 15) is 9.18 Å². The van der Waals surface area contributed by atoms with Crippen molar-refractivity contribution in [1.82, 2.24) is 19.7 Å². The molecule has 9 heteroatoms. The van der Waals surface area contributed by atoms with Gasteiger partial charge >= 0.3 is 0 Å². The quantitative estimate of drug-likeness (QED) is 0.654. The zero-order valence-corrected chi connectivity index (χ0v) is 16.4. The molecule has 0 N–H and O–H groups in total.